The first-order valence-corrected chi connectivity index (χ1v) is 13.1. The molecule has 0 atom stereocenters. The van der Waals surface area contributed by atoms with Crippen molar-refractivity contribution in [2.24, 2.45) is 0 Å². The second-order valence-corrected chi connectivity index (χ2v) is 9.81. The van der Waals surface area contributed by atoms with Crippen LogP contribution in [-0.4, -0.2) is 48.3 Å². The van der Waals surface area contributed by atoms with Crippen molar-refractivity contribution in [3.8, 4) is 0 Å². The molecule has 190 valence electrons. The van der Waals surface area contributed by atoms with Gasteiger partial charge in [0, 0.05) is 42.6 Å². The summed E-state index contributed by atoms with van der Waals surface area (Å²) < 4.78 is 0. The zero-order chi connectivity index (χ0) is 25.8. The maximum absolute atomic E-state index is 13.3. The minimum absolute atomic E-state index is 0.0671. The normalized spacial score (nSPS) is 16.6. The second-order valence-electron chi connectivity index (χ2n) is 9.81. The molecule has 2 heterocycles. The monoisotopic (exact) mass is 494 g/mol. The van der Waals surface area contributed by atoms with Crippen LogP contribution < -0.4 is 10.6 Å². The Kier molecular flexibility index (Phi) is 7.37. The van der Waals surface area contributed by atoms with Crippen LogP contribution in [0.1, 0.15) is 53.2 Å². The van der Waals surface area contributed by atoms with Gasteiger partial charge < -0.3 is 15.5 Å². The van der Waals surface area contributed by atoms with Gasteiger partial charge in [-0.25, -0.2) is 0 Å². The standard InChI is InChI=1S/C31H34N4O2/c1-3-34(2)31(37)24-14-17-27-26(20-24)28(30(36)33-27)29(23-10-6-4-7-11-23)32-25-15-12-22(13-16-25)21-35-18-8-5-9-19-35/h4,6-7,10-17,20,32H,3,5,8-9,18-19,21H2,1-2H3,(H,33,36)/b29-28-. The summed E-state index contributed by atoms with van der Waals surface area (Å²) in [5.41, 5.74) is 6.35. The van der Waals surface area contributed by atoms with E-state index in [0.717, 1.165) is 36.4 Å². The summed E-state index contributed by atoms with van der Waals surface area (Å²) in [7, 11) is 1.78. The van der Waals surface area contributed by atoms with Crippen LogP contribution in [0.5, 0.6) is 0 Å². The topological polar surface area (TPSA) is 64.7 Å². The van der Waals surface area contributed by atoms with Gasteiger partial charge in [-0.15, -0.1) is 0 Å². The van der Waals surface area contributed by atoms with Crippen LogP contribution in [-0.2, 0) is 11.3 Å². The zero-order valence-electron chi connectivity index (χ0n) is 21.6. The Bertz CT molecular complexity index is 1310. The number of likely N-dealkylation sites (tertiary alicyclic amines) is 1. The Labute approximate surface area is 219 Å². The third-order valence-corrected chi connectivity index (χ3v) is 7.22. The highest BCUT2D eigenvalue weighted by molar-refractivity contribution is 6.37. The lowest BCUT2D eigenvalue weighted by atomic mass is 9.98. The summed E-state index contributed by atoms with van der Waals surface area (Å²) >= 11 is 0. The third-order valence-electron chi connectivity index (χ3n) is 7.22. The largest absolute Gasteiger partial charge is 0.354 e. The number of benzene rings is 3. The molecular weight excluding hydrogens is 460 g/mol. The number of hydrogen-bond acceptors (Lipinski definition) is 4. The number of carbonyl (C=O) groups is 2. The molecule has 0 radical (unpaired) electrons. The van der Waals surface area contributed by atoms with Crippen molar-refractivity contribution in [1.29, 1.82) is 0 Å². The van der Waals surface area contributed by atoms with E-state index in [1.54, 1.807) is 18.0 Å². The molecule has 3 aromatic rings. The lowest BCUT2D eigenvalue weighted by Crippen LogP contribution is -2.29. The van der Waals surface area contributed by atoms with Crippen molar-refractivity contribution in [2.75, 3.05) is 37.3 Å². The minimum atomic E-state index is -0.184. The molecule has 0 aliphatic carbocycles. The van der Waals surface area contributed by atoms with E-state index in [2.05, 4.69) is 39.8 Å². The van der Waals surface area contributed by atoms with E-state index in [9.17, 15) is 9.59 Å². The molecule has 2 aliphatic rings. The smallest absolute Gasteiger partial charge is 0.258 e. The van der Waals surface area contributed by atoms with Crippen molar-refractivity contribution in [2.45, 2.75) is 32.7 Å². The van der Waals surface area contributed by atoms with E-state index >= 15 is 0 Å². The fourth-order valence-corrected chi connectivity index (χ4v) is 5.01. The van der Waals surface area contributed by atoms with E-state index in [0.29, 0.717) is 29.1 Å². The molecule has 1 fully saturated rings. The van der Waals surface area contributed by atoms with Crippen molar-refractivity contribution in [3.63, 3.8) is 0 Å². The summed E-state index contributed by atoms with van der Waals surface area (Å²) in [6.07, 6.45) is 3.89. The maximum Gasteiger partial charge on any atom is 0.258 e. The van der Waals surface area contributed by atoms with E-state index in [-0.39, 0.29) is 11.8 Å². The number of carbonyl (C=O) groups excluding carboxylic acids is 2. The highest BCUT2D eigenvalue weighted by Gasteiger charge is 2.29. The second kappa shape index (κ2) is 11.0. The third kappa shape index (κ3) is 5.44. The van der Waals surface area contributed by atoms with Gasteiger partial charge >= 0.3 is 0 Å². The predicted molar refractivity (Wildman–Crippen MR) is 150 cm³/mol. The Balaban J connectivity index is 1.50. The molecule has 0 saturated carbocycles. The molecule has 6 nitrogen and oxygen atoms in total. The Hall–Kier alpha value is -3.90. The van der Waals surface area contributed by atoms with Gasteiger partial charge in [0.1, 0.15) is 0 Å². The number of fused-ring (bicyclic) bond motifs is 1. The van der Waals surface area contributed by atoms with Crippen LogP contribution in [0.3, 0.4) is 0 Å². The van der Waals surface area contributed by atoms with Gasteiger partial charge in [-0.3, -0.25) is 14.5 Å². The molecule has 37 heavy (non-hydrogen) atoms. The molecule has 0 bridgehead atoms. The maximum atomic E-state index is 13.3. The lowest BCUT2D eigenvalue weighted by Gasteiger charge is -2.26. The van der Waals surface area contributed by atoms with Crippen molar-refractivity contribution in [1.82, 2.24) is 9.80 Å². The average Bonchev–Trinajstić information content (AvgIpc) is 3.27. The highest BCUT2D eigenvalue weighted by atomic mass is 16.2. The van der Waals surface area contributed by atoms with E-state index in [1.165, 1.54) is 24.8 Å². The molecule has 3 aromatic carbocycles. The average molecular weight is 495 g/mol. The Morgan fingerprint density at radius 2 is 1.68 bits per heavy atom. The Morgan fingerprint density at radius 1 is 0.946 bits per heavy atom. The zero-order valence-corrected chi connectivity index (χ0v) is 21.6. The Morgan fingerprint density at radius 3 is 2.38 bits per heavy atom. The van der Waals surface area contributed by atoms with Crippen LogP contribution in [0.2, 0.25) is 0 Å². The van der Waals surface area contributed by atoms with E-state index < -0.39 is 0 Å². The van der Waals surface area contributed by atoms with Gasteiger partial charge in [-0.05, 0) is 74.3 Å². The number of nitrogens with one attached hydrogen (secondary N) is 2. The van der Waals surface area contributed by atoms with Crippen molar-refractivity contribution < 1.29 is 9.59 Å². The first-order valence-electron chi connectivity index (χ1n) is 13.1. The van der Waals surface area contributed by atoms with Crippen LogP contribution in [0.15, 0.2) is 72.8 Å². The summed E-state index contributed by atoms with van der Waals surface area (Å²) in [5, 5.41) is 6.51. The molecule has 0 unspecified atom stereocenters. The SMILES string of the molecule is CCN(C)C(=O)c1ccc2c(c1)/C(=C(/Nc1ccc(CN3CCCCC3)cc1)c1ccccc1)C(=O)N2. The number of amides is 2. The molecule has 6 heteroatoms. The van der Waals surface area contributed by atoms with Crippen LogP contribution in [0.25, 0.3) is 11.3 Å². The van der Waals surface area contributed by atoms with Gasteiger partial charge in [0.15, 0.2) is 0 Å². The molecule has 5 rings (SSSR count). The quantitative estimate of drug-likeness (QED) is 0.414. The number of piperidine rings is 1. The first kappa shape index (κ1) is 24.8. The van der Waals surface area contributed by atoms with Crippen molar-refractivity contribution in [3.05, 3.63) is 95.1 Å². The van der Waals surface area contributed by atoms with Gasteiger partial charge in [0.2, 0.25) is 0 Å². The summed E-state index contributed by atoms with van der Waals surface area (Å²) in [6.45, 7) is 5.84. The van der Waals surface area contributed by atoms with Gasteiger partial charge in [-0.2, -0.15) is 0 Å². The molecule has 2 N–H and O–H groups in total. The summed E-state index contributed by atoms with van der Waals surface area (Å²) in [6, 6.07) is 23.7. The molecule has 1 saturated heterocycles. The summed E-state index contributed by atoms with van der Waals surface area (Å²) in [5.74, 6) is -0.251. The fourth-order valence-electron chi connectivity index (χ4n) is 5.01. The van der Waals surface area contributed by atoms with Gasteiger partial charge in [0.25, 0.3) is 11.8 Å². The molecule has 0 aromatic heterocycles. The van der Waals surface area contributed by atoms with Gasteiger partial charge in [-0.1, -0.05) is 48.9 Å². The lowest BCUT2D eigenvalue weighted by molar-refractivity contribution is -0.110. The first-order chi connectivity index (χ1) is 18.0. The number of nitrogens with zero attached hydrogens (tertiary/aromatic N) is 2. The predicted octanol–water partition coefficient (Wildman–Crippen LogP) is 5.70. The van der Waals surface area contributed by atoms with E-state index in [1.807, 2.05) is 49.4 Å². The van der Waals surface area contributed by atoms with Crippen LogP contribution in [0.4, 0.5) is 11.4 Å². The number of hydrogen-bond donors (Lipinski definition) is 2. The number of rotatable bonds is 7. The molecular formula is C31H34N4O2. The van der Waals surface area contributed by atoms with Crippen LogP contribution >= 0.6 is 0 Å². The van der Waals surface area contributed by atoms with Crippen LogP contribution in [0, 0.1) is 0 Å². The van der Waals surface area contributed by atoms with Crippen molar-refractivity contribution >= 4 is 34.5 Å². The molecule has 0 spiro atoms. The van der Waals surface area contributed by atoms with E-state index in [4.69, 9.17) is 0 Å². The summed E-state index contributed by atoms with van der Waals surface area (Å²) in [4.78, 5) is 30.3. The van der Waals surface area contributed by atoms with Gasteiger partial charge in [0.05, 0.1) is 11.3 Å². The fraction of sp³-hybridized carbons (Fsp3) is 0.290. The highest BCUT2D eigenvalue weighted by Crippen LogP contribution is 2.38. The molecule has 2 aliphatic heterocycles. The molecule has 2 amide bonds. The minimum Gasteiger partial charge on any atom is -0.354 e. The number of anilines is 2.